The minimum Gasteiger partial charge on any atom is -0.481 e. The van der Waals surface area contributed by atoms with Crippen LogP contribution in [0.1, 0.15) is 12.0 Å². The Hall–Kier alpha value is -2.76. The first-order valence-electron chi connectivity index (χ1n) is 7.75. The Labute approximate surface area is 139 Å². The van der Waals surface area contributed by atoms with E-state index in [1.807, 2.05) is 18.2 Å². The number of fused-ring (bicyclic) bond motifs is 1. The van der Waals surface area contributed by atoms with E-state index in [0.717, 1.165) is 29.9 Å². The van der Waals surface area contributed by atoms with Crippen LogP contribution in [0.4, 0.5) is 4.39 Å². The summed E-state index contributed by atoms with van der Waals surface area (Å²) >= 11 is 0. The van der Waals surface area contributed by atoms with E-state index in [4.69, 9.17) is 14.2 Å². The second kappa shape index (κ2) is 7.68. The maximum atomic E-state index is 13.4. The van der Waals surface area contributed by atoms with Crippen molar-refractivity contribution in [2.75, 3.05) is 19.9 Å². The summed E-state index contributed by atoms with van der Waals surface area (Å²) in [6, 6.07) is 11.8. The van der Waals surface area contributed by atoms with Crippen molar-refractivity contribution in [2.45, 2.75) is 12.8 Å². The van der Waals surface area contributed by atoms with Crippen LogP contribution < -0.4 is 19.5 Å². The molecular formula is C18H18FNO4. The third kappa shape index (κ3) is 4.16. The summed E-state index contributed by atoms with van der Waals surface area (Å²) in [6.45, 7) is 0.579. The number of hydrogen-bond donors (Lipinski definition) is 1. The number of para-hydroxylation sites is 1. The third-order valence-corrected chi connectivity index (χ3v) is 3.60. The van der Waals surface area contributed by atoms with Gasteiger partial charge in [-0.15, -0.1) is 0 Å². The van der Waals surface area contributed by atoms with E-state index in [1.165, 1.54) is 12.1 Å². The lowest BCUT2D eigenvalue weighted by Gasteiger charge is -2.08. The van der Waals surface area contributed by atoms with Crippen molar-refractivity contribution in [3.8, 4) is 17.2 Å². The summed E-state index contributed by atoms with van der Waals surface area (Å²) in [6.07, 6.45) is 1.59. The molecule has 0 atom stereocenters. The highest BCUT2D eigenvalue weighted by Gasteiger charge is 2.13. The zero-order valence-corrected chi connectivity index (χ0v) is 13.1. The van der Waals surface area contributed by atoms with Gasteiger partial charge in [0.1, 0.15) is 0 Å². The summed E-state index contributed by atoms with van der Waals surface area (Å²) in [7, 11) is 0. The molecule has 3 rings (SSSR count). The Kier molecular flexibility index (Phi) is 5.15. The lowest BCUT2D eigenvalue weighted by molar-refractivity contribution is -0.123. The van der Waals surface area contributed by atoms with E-state index in [1.54, 1.807) is 12.1 Å². The minimum absolute atomic E-state index is 0.0769. The lowest BCUT2D eigenvalue weighted by atomic mass is 10.1. The predicted octanol–water partition coefficient (Wildman–Crippen LogP) is 2.68. The third-order valence-electron chi connectivity index (χ3n) is 3.60. The number of ether oxygens (including phenoxy) is 3. The van der Waals surface area contributed by atoms with Gasteiger partial charge in [-0.25, -0.2) is 4.39 Å². The highest BCUT2D eigenvalue weighted by molar-refractivity contribution is 5.77. The fraction of sp³-hybridized carbons (Fsp3) is 0.278. The van der Waals surface area contributed by atoms with Crippen LogP contribution in [0, 0.1) is 5.82 Å². The molecular weight excluding hydrogens is 313 g/mol. The van der Waals surface area contributed by atoms with Crippen LogP contribution in [0.5, 0.6) is 17.2 Å². The maximum Gasteiger partial charge on any atom is 0.257 e. The van der Waals surface area contributed by atoms with Crippen LogP contribution in [-0.4, -0.2) is 25.9 Å². The van der Waals surface area contributed by atoms with Gasteiger partial charge in [-0.2, -0.15) is 0 Å². The number of benzene rings is 2. The van der Waals surface area contributed by atoms with Gasteiger partial charge in [0.2, 0.25) is 6.79 Å². The number of amides is 1. The standard InChI is InChI=1S/C18H18FNO4/c19-14-5-1-2-6-15(14)22-11-18(21)20-9-3-4-13-7-8-16-17(10-13)24-12-23-16/h1-2,5-8,10H,3-4,9,11-12H2,(H,20,21). The van der Waals surface area contributed by atoms with Gasteiger partial charge in [0, 0.05) is 6.54 Å². The first-order chi connectivity index (χ1) is 11.7. The highest BCUT2D eigenvalue weighted by atomic mass is 19.1. The van der Waals surface area contributed by atoms with E-state index in [-0.39, 0.29) is 25.1 Å². The molecule has 0 aromatic heterocycles. The Balaban J connectivity index is 1.36. The van der Waals surface area contributed by atoms with Gasteiger partial charge in [0.25, 0.3) is 5.91 Å². The van der Waals surface area contributed by atoms with Crippen molar-refractivity contribution in [1.82, 2.24) is 5.32 Å². The summed E-state index contributed by atoms with van der Waals surface area (Å²) in [5.74, 6) is 0.845. The van der Waals surface area contributed by atoms with E-state index in [0.29, 0.717) is 6.54 Å². The predicted molar refractivity (Wildman–Crippen MR) is 85.8 cm³/mol. The molecule has 6 heteroatoms. The summed E-state index contributed by atoms with van der Waals surface area (Å²) in [5, 5.41) is 2.75. The van der Waals surface area contributed by atoms with E-state index in [9.17, 15) is 9.18 Å². The molecule has 5 nitrogen and oxygen atoms in total. The summed E-state index contributed by atoms with van der Waals surface area (Å²) in [5.41, 5.74) is 1.12. The minimum atomic E-state index is -0.479. The van der Waals surface area contributed by atoms with Gasteiger partial charge in [0.15, 0.2) is 29.7 Å². The number of rotatable bonds is 7. The molecule has 24 heavy (non-hydrogen) atoms. The van der Waals surface area contributed by atoms with Crippen LogP contribution in [0.25, 0.3) is 0 Å². The molecule has 2 aromatic rings. The summed E-state index contributed by atoms with van der Waals surface area (Å²) < 4.78 is 29.1. The first kappa shape index (κ1) is 16.1. The van der Waals surface area contributed by atoms with E-state index in [2.05, 4.69) is 5.32 Å². The van der Waals surface area contributed by atoms with Crippen LogP contribution in [0.2, 0.25) is 0 Å². The van der Waals surface area contributed by atoms with Crippen molar-refractivity contribution in [3.63, 3.8) is 0 Å². The van der Waals surface area contributed by atoms with Gasteiger partial charge in [-0.3, -0.25) is 4.79 Å². The molecule has 0 unspecified atom stereocenters. The van der Waals surface area contributed by atoms with Crippen LogP contribution in [0.15, 0.2) is 42.5 Å². The molecule has 0 radical (unpaired) electrons. The first-order valence-corrected chi connectivity index (χ1v) is 7.75. The quantitative estimate of drug-likeness (QED) is 0.793. The number of carbonyl (C=O) groups excluding carboxylic acids is 1. The number of hydrogen-bond acceptors (Lipinski definition) is 4. The molecule has 126 valence electrons. The second-order valence-electron chi connectivity index (χ2n) is 5.36. The second-order valence-corrected chi connectivity index (χ2v) is 5.36. The smallest absolute Gasteiger partial charge is 0.257 e. The average molecular weight is 331 g/mol. The molecule has 1 N–H and O–H groups in total. The van der Waals surface area contributed by atoms with Crippen molar-refractivity contribution in [1.29, 1.82) is 0 Å². The fourth-order valence-corrected chi connectivity index (χ4v) is 2.37. The molecule has 1 aliphatic heterocycles. The largest absolute Gasteiger partial charge is 0.481 e. The number of aryl methyl sites for hydroxylation is 1. The number of halogens is 1. The molecule has 0 saturated heterocycles. The van der Waals surface area contributed by atoms with Gasteiger partial charge in [-0.05, 0) is 42.7 Å². The van der Waals surface area contributed by atoms with Gasteiger partial charge >= 0.3 is 0 Å². The van der Waals surface area contributed by atoms with Crippen LogP contribution in [0.3, 0.4) is 0 Å². The SMILES string of the molecule is O=C(COc1ccccc1F)NCCCc1ccc2c(c1)OCO2. The highest BCUT2D eigenvalue weighted by Crippen LogP contribution is 2.32. The zero-order chi connectivity index (χ0) is 16.8. The van der Waals surface area contributed by atoms with Crippen LogP contribution >= 0.6 is 0 Å². The molecule has 2 aromatic carbocycles. The Morgan fingerprint density at radius 2 is 2.00 bits per heavy atom. The Morgan fingerprint density at radius 1 is 1.17 bits per heavy atom. The van der Waals surface area contributed by atoms with Gasteiger partial charge in [0.05, 0.1) is 0 Å². The monoisotopic (exact) mass is 331 g/mol. The van der Waals surface area contributed by atoms with E-state index >= 15 is 0 Å². The molecule has 1 aliphatic rings. The lowest BCUT2D eigenvalue weighted by Crippen LogP contribution is -2.30. The molecule has 0 aliphatic carbocycles. The Bertz CT molecular complexity index is 720. The van der Waals surface area contributed by atoms with Crippen molar-refractivity contribution in [3.05, 3.63) is 53.8 Å². The molecule has 0 saturated carbocycles. The topological polar surface area (TPSA) is 56.8 Å². The molecule has 0 bridgehead atoms. The van der Waals surface area contributed by atoms with Crippen molar-refractivity contribution in [2.24, 2.45) is 0 Å². The Morgan fingerprint density at radius 3 is 2.88 bits per heavy atom. The van der Waals surface area contributed by atoms with Crippen LogP contribution in [-0.2, 0) is 11.2 Å². The average Bonchev–Trinajstić information content (AvgIpc) is 3.06. The normalized spacial score (nSPS) is 12.0. The maximum absolute atomic E-state index is 13.4. The molecule has 0 fully saturated rings. The summed E-state index contributed by atoms with van der Waals surface area (Å²) in [4.78, 5) is 11.7. The molecule has 0 spiro atoms. The van der Waals surface area contributed by atoms with Crippen molar-refractivity contribution < 1.29 is 23.4 Å². The zero-order valence-electron chi connectivity index (χ0n) is 13.1. The fourth-order valence-electron chi connectivity index (χ4n) is 2.37. The molecule has 1 heterocycles. The van der Waals surface area contributed by atoms with Gasteiger partial charge < -0.3 is 19.5 Å². The van der Waals surface area contributed by atoms with Gasteiger partial charge in [-0.1, -0.05) is 18.2 Å². The van der Waals surface area contributed by atoms with Crippen molar-refractivity contribution >= 4 is 5.91 Å². The number of nitrogens with one attached hydrogen (secondary N) is 1. The van der Waals surface area contributed by atoms with E-state index < -0.39 is 5.82 Å². The molecule has 1 amide bonds. The number of carbonyl (C=O) groups is 1.